The van der Waals surface area contributed by atoms with Crippen LogP contribution in [0.5, 0.6) is 51.7 Å². The highest BCUT2D eigenvalue weighted by molar-refractivity contribution is 6.18. The molecule has 0 spiro atoms. The van der Waals surface area contributed by atoms with Gasteiger partial charge in [-0.2, -0.15) is 0 Å². The molecule has 1 atom stereocenters. The Morgan fingerprint density at radius 2 is 1.25 bits per heavy atom. The first-order chi connectivity index (χ1) is 26.7. The number of rotatable bonds is 14. The first kappa shape index (κ1) is 39.0. The van der Waals surface area contributed by atoms with E-state index in [1.54, 1.807) is 64.0 Å². The lowest BCUT2D eigenvalue weighted by Crippen LogP contribution is -2.34. The van der Waals surface area contributed by atoms with Crippen LogP contribution in [0.1, 0.15) is 39.4 Å². The fraction of sp³-hybridized carbons (Fsp3) is 0.372. The molecule has 6 rings (SSSR count). The van der Waals surface area contributed by atoms with E-state index in [1.165, 1.54) is 0 Å². The zero-order chi connectivity index (χ0) is 39.4. The molecule has 12 heteroatoms. The van der Waals surface area contributed by atoms with Crippen molar-refractivity contribution >= 4 is 17.6 Å². The van der Waals surface area contributed by atoms with Gasteiger partial charge in [0.1, 0.15) is 0 Å². The number of aldehydes is 1. The molecule has 0 saturated heterocycles. The lowest BCUT2D eigenvalue weighted by atomic mass is 9.85. The van der Waals surface area contributed by atoms with Gasteiger partial charge in [0.05, 0.1) is 69.7 Å². The summed E-state index contributed by atoms with van der Waals surface area (Å²) < 4.78 is 52.6. The fourth-order valence-corrected chi connectivity index (χ4v) is 7.95. The van der Waals surface area contributed by atoms with E-state index >= 15 is 0 Å². The molecular weight excluding hydrogens is 704 g/mol. The molecule has 2 aliphatic heterocycles. The third kappa shape index (κ3) is 6.91. The number of hydrogen-bond acceptors (Lipinski definition) is 12. The molecule has 0 radical (unpaired) electrons. The Balaban J connectivity index is 1.54. The number of carbonyl (C=O) groups excluding carboxylic acids is 1. The molecule has 0 bridgehead atoms. The Bertz CT molecular complexity index is 2110. The van der Waals surface area contributed by atoms with E-state index in [4.69, 9.17) is 42.6 Å². The van der Waals surface area contributed by atoms with Crippen LogP contribution in [-0.2, 0) is 24.1 Å². The molecule has 0 saturated carbocycles. The van der Waals surface area contributed by atoms with Crippen LogP contribution in [0.3, 0.4) is 0 Å². The van der Waals surface area contributed by atoms with E-state index in [-0.39, 0.29) is 6.04 Å². The van der Waals surface area contributed by atoms with Crippen LogP contribution < -0.4 is 47.9 Å². The summed E-state index contributed by atoms with van der Waals surface area (Å²) in [7, 11) is 16.6. The lowest BCUT2D eigenvalue weighted by Gasteiger charge is -2.36. The van der Waals surface area contributed by atoms with E-state index < -0.39 is 0 Å². The minimum Gasteiger partial charge on any atom is -0.493 e. The summed E-state index contributed by atoms with van der Waals surface area (Å²) in [5, 5.41) is 3.46. The number of carbonyl (C=O) groups is 1. The van der Waals surface area contributed by atoms with Gasteiger partial charge in [-0.15, -0.1) is 0 Å². The van der Waals surface area contributed by atoms with Crippen molar-refractivity contribution in [3.05, 3.63) is 75.8 Å². The van der Waals surface area contributed by atoms with Crippen molar-refractivity contribution in [1.29, 1.82) is 0 Å². The molecule has 0 aromatic heterocycles. The van der Waals surface area contributed by atoms with Gasteiger partial charge in [0.15, 0.2) is 52.3 Å². The second-order valence-corrected chi connectivity index (χ2v) is 13.2. The average Bonchev–Trinajstić information content (AvgIpc) is 3.22. The van der Waals surface area contributed by atoms with Gasteiger partial charge in [0.25, 0.3) is 0 Å². The molecule has 12 nitrogen and oxygen atoms in total. The van der Waals surface area contributed by atoms with E-state index in [0.29, 0.717) is 81.5 Å². The van der Waals surface area contributed by atoms with Gasteiger partial charge in [0.2, 0.25) is 5.75 Å². The highest BCUT2D eigenvalue weighted by Crippen LogP contribution is 2.50. The molecule has 2 aliphatic rings. The Morgan fingerprint density at radius 3 is 1.85 bits per heavy atom. The minimum atomic E-state index is -0.0686. The number of likely N-dealkylation sites (N-methyl/N-ethyl adjacent to an activating group) is 1. The summed E-state index contributed by atoms with van der Waals surface area (Å²) in [5.41, 5.74) is 8.28. The predicted octanol–water partition coefficient (Wildman–Crippen LogP) is 6.42. The number of benzene rings is 4. The normalized spacial score (nSPS) is 15.8. The Kier molecular flexibility index (Phi) is 11.8. The quantitative estimate of drug-likeness (QED) is 0.113. The van der Waals surface area contributed by atoms with Crippen molar-refractivity contribution in [2.24, 2.45) is 0 Å². The zero-order valence-electron chi connectivity index (χ0n) is 33.3. The molecule has 292 valence electrons. The van der Waals surface area contributed by atoms with Crippen molar-refractivity contribution < 1.29 is 47.4 Å². The largest absolute Gasteiger partial charge is 0.493 e. The van der Waals surface area contributed by atoms with E-state index in [9.17, 15) is 4.79 Å². The molecule has 0 fully saturated rings. The van der Waals surface area contributed by atoms with Crippen LogP contribution in [0.2, 0.25) is 0 Å². The van der Waals surface area contributed by atoms with Crippen molar-refractivity contribution in [3.63, 3.8) is 0 Å². The minimum absolute atomic E-state index is 0.0686. The van der Waals surface area contributed by atoms with E-state index in [1.807, 2.05) is 42.5 Å². The number of hydrogen-bond donors (Lipinski definition) is 1. The van der Waals surface area contributed by atoms with Crippen molar-refractivity contribution in [3.8, 4) is 62.9 Å². The summed E-state index contributed by atoms with van der Waals surface area (Å²) in [4.78, 5) is 15.4. The fourth-order valence-electron chi connectivity index (χ4n) is 7.95. The molecule has 2 heterocycles. The maximum atomic E-state index is 13.1. The summed E-state index contributed by atoms with van der Waals surface area (Å²) in [6.07, 6.45) is 2.97. The van der Waals surface area contributed by atoms with Crippen LogP contribution in [0, 0.1) is 0 Å². The highest BCUT2D eigenvalue weighted by atomic mass is 16.5. The molecule has 4 aromatic carbocycles. The molecule has 0 aliphatic carbocycles. The lowest BCUT2D eigenvalue weighted by molar-refractivity contribution is -0.103. The van der Waals surface area contributed by atoms with Crippen LogP contribution >= 0.6 is 0 Å². The molecule has 0 amide bonds. The van der Waals surface area contributed by atoms with Crippen molar-refractivity contribution in [2.75, 3.05) is 84.1 Å². The first-order valence-corrected chi connectivity index (χ1v) is 18.0. The Morgan fingerprint density at radius 1 is 0.655 bits per heavy atom. The van der Waals surface area contributed by atoms with Crippen LogP contribution in [-0.4, -0.2) is 95.3 Å². The SMILES string of the molecule is COc1cc2c(cc1OC)C(=C(C=O)c1ccc(-c3cc(OC)c(OC)cc3C[C@H]3c4cc(OC)c(OC)c(OC)c4CCN3C)c(OC)c1OC)NCC2. The van der Waals surface area contributed by atoms with E-state index in [2.05, 4.69) is 17.3 Å². The summed E-state index contributed by atoms with van der Waals surface area (Å²) in [6.45, 7) is 1.43. The average molecular weight is 755 g/mol. The Hall–Kier alpha value is -5.75. The second-order valence-electron chi connectivity index (χ2n) is 13.2. The number of nitrogens with one attached hydrogen (secondary N) is 1. The number of nitrogens with zero attached hydrogens (tertiary/aromatic N) is 1. The van der Waals surface area contributed by atoms with Gasteiger partial charge in [0, 0.05) is 47.0 Å². The van der Waals surface area contributed by atoms with Gasteiger partial charge in [-0.3, -0.25) is 9.69 Å². The van der Waals surface area contributed by atoms with Gasteiger partial charge < -0.3 is 47.9 Å². The van der Waals surface area contributed by atoms with Crippen LogP contribution in [0.15, 0.2) is 42.5 Å². The van der Waals surface area contributed by atoms with Crippen molar-refractivity contribution in [1.82, 2.24) is 10.2 Å². The molecular formula is C43H50N2O10. The first-order valence-electron chi connectivity index (χ1n) is 18.0. The number of allylic oxidation sites excluding steroid dienone is 1. The van der Waals surface area contributed by atoms with Crippen LogP contribution in [0.4, 0.5) is 0 Å². The predicted molar refractivity (Wildman–Crippen MR) is 211 cm³/mol. The molecule has 0 unspecified atom stereocenters. The van der Waals surface area contributed by atoms with Gasteiger partial charge in [-0.1, -0.05) is 0 Å². The maximum Gasteiger partial charge on any atom is 0.203 e. The number of fused-ring (bicyclic) bond motifs is 2. The van der Waals surface area contributed by atoms with Gasteiger partial charge in [-0.25, -0.2) is 0 Å². The topological polar surface area (TPSA) is 115 Å². The molecule has 4 aromatic rings. The third-order valence-electron chi connectivity index (χ3n) is 10.7. The van der Waals surface area contributed by atoms with Crippen LogP contribution in [0.25, 0.3) is 22.4 Å². The standard InChI is InChI=1S/C43H50N2O10/c1-45-16-14-28-31(22-38(51-6)43(55-10)42(28)54-9)33(45)17-25-19-35(48-3)36(49-4)20-29(25)26-11-12-27(41(53-8)40(26)52-7)32(23-46)39-30-21-37(50-5)34(47-2)18-24(30)13-15-44-39/h11-12,18-23,33,44H,13-17H2,1-10H3/t33-/m0/s1. The number of ether oxygens (including phenoxy) is 9. The summed E-state index contributed by atoms with van der Waals surface area (Å²) >= 11 is 0. The third-order valence-corrected chi connectivity index (χ3v) is 10.7. The summed E-state index contributed by atoms with van der Waals surface area (Å²) in [6, 6.07) is 13.7. The van der Waals surface area contributed by atoms with Gasteiger partial charge in [-0.05, 0) is 91.0 Å². The maximum absolute atomic E-state index is 13.1. The second kappa shape index (κ2) is 16.7. The highest BCUT2D eigenvalue weighted by Gasteiger charge is 2.33. The zero-order valence-corrected chi connectivity index (χ0v) is 33.3. The smallest absolute Gasteiger partial charge is 0.203 e. The number of methoxy groups -OCH3 is 9. The molecule has 1 N–H and O–H groups in total. The Labute approximate surface area is 322 Å². The monoisotopic (exact) mass is 754 g/mol. The van der Waals surface area contributed by atoms with Gasteiger partial charge >= 0.3 is 0 Å². The van der Waals surface area contributed by atoms with E-state index in [0.717, 1.165) is 64.6 Å². The van der Waals surface area contributed by atoms with Crippen molar-refractivity contribution in [2.45, 2.75) is 25.3 Å². The molecule has 55 heavy (non-hydrogen) atoms. The summed E-state index contributed by atoms with van der Waals surface area (Å²) in [5.74, 6) is 5.06.